The number of methoxy groups -OCH3 is 1. The molecule has 0 bridgehead atoms. The molecule has 0 saturated heterocycles. The van der Waals surface area contributed by atoms with Gasteiger partial charge in [0.1, 0.15) is 0 Å². The maximum absolute atomic E-state index is 11.7. The van der Waals surface area contributed by atoms with Crippen molar-refractivity contribution in [1.29, 1.82) is 0 Å². The summed E-state index contributed by atoms with van der Waals surface area (Å²) in [5, 5.41) is 0.740. The van der Waals surface area contributed by atoms with E-state index < -0.39 is 15.8 Å². The normalized spacial score (nSPS) is 11.4. The number of aromatic nitrogens is 2. The van der Waals surface area contributed by atoms with Gasteiger partial charge in [0.2, 0.25) is 0 Å². The maximum atomic E-state index is 11.7. The number of carbonyl (C=O) groups excluding carboxylic acids is 1. The first kappa shape index (κ1) is 17.0. The highest BCUT2D eigenvalue weighted by Crippen LogP contribution is 2.20. The van der Waals surface area contributed by atoms with Gasteiger partial charge in [-0.05, 0) is 42.0 Å². The fourth-order valence-corrected chi connectivity index (χ4v) is 3.17. The van der Waals surface area contributed by atoms with Crippen LogP contribution in [0.1, 0.15) is 21.6 Å². The number of rotatable bonds is 4. The second kappa shape index (κ2) is 6.60. The number of benzene rings is 1. The summed E-state index contributed by atoms with van der Waals surface area (Å²) >= 11 is 0. The van der Waals surface area contributed by atoms with Crippen molar-refractivity contribution in [3.63, 3.8) is 0 Å². The van der Waals surface area contributed by atoms with E-state index in [0.29, 0.717) is 23.2 Å². The first-order chi connectivity index (χ1) is 11.9. The molecule has 0 aliphatic carbocycles. The van der Waals surface area contributed by atoms with Crippen LogP contribution in [-0.2, 0) is 21.0 Å². The third kappa shape index (κ3) is 3.83. The molecule has 25 heavy (non-hydrogen) atoms. The molecule has 2 heterocycles. The van der Waals surface area contributed by atoms with Crippen molar-refractivity contribution >= 4 is 26.7 Å². The van der Waals surface area contributed by atoms with Gasteiger partial charge >= 0.3 is 5.97 Å². The Hall–Kier alpha value is -2.80. The molecule has 0 saturated carbocycles. The first-order valence-corrected chi connectivity index (χ1v) is 9.38. The summed E-state index contributed by atoms with van der Waals surface area (Å²) in [5.41, 5.74) is 2.71. The molecule has 0 unspecified atom stereocenters. The van der Waals surface area contributed by atoms with Crippen LogP contribution in [0.2, 0.25) is 0 Å². The SMILES string of the molecule is COC(=O)c1ccnc(Cc2cnc3ccc(S(C)(=O)=O)cc3c2)c1. The summed E-state index contributed by atoms with van der Waals surface area (Å²) < 4.78 is 28.1. The van der Waals surface area contributed by atoms with Crippen molar-refractivity contribution in [2.45, 2.75) is 11.3 Å². The van der Waals surface area contributed by atoms with Gasteiger partial charge in [-0.15, -0.1) is 0 Å². The number of hydrogen-bond donors (Lipinski definition) is 0. The molecule has 0 aliphatic rings. The summed E-state index contributed by atoms with van der Waals surface area (Å²) in [7, 11) is -1.95. The number of pyridine rings is 2. The number of ether oxygens (including phenoxy) is 1. The van der Waals surface area contributed by atoms with Crippen LogP contribution in [0.15, 0.2) is 53.7 Å². The van der Waals surface area contributed by atoms with Gasteiger partial charge in [0.25, 0.3) is 0 Å². The third-order valence-electron chi connectivity index (χ3n) is 3.76. The van der Waals surface area contributed by atoms with Gasteiger partial charge < -0.3 is 4.74 Å². The molecule has 0 amide bonds. The summed E-state index contributed by atoms with van der Waals surface area (Å²) in [6.07, 6.45) is 4.91. The average molecular weight is 356 g/mol. The van der Waals surface area contributed by atoms with E-state index in [-0.39, 0.29) is 4.90 Å². The summed E-state index contributed by atoms with van der Waals surface area (Å²) in [4.78, 5) is 20.5. The van der Waals surface area contributed by atoms with E-state index >= 15 is 0 Å². The summed E-state index contributed by atoms with van der Waals surface area (Å²) in [6, 6.07) is 9.98. The Balaban J connectivity index is 1.95. The van der Waals surface area contributed by atoms with Crippen molar-refractivity contribution < 1.29 is 17.9 Å². The fourth-order valence-electron chi connectivity index (χ4n) is 2.51. The van der Waals surface area contributed by atoms with Crippen LogP contribution in [0.5, 0.6) is 0 Å². The van der Waals surface area contributed by atoms with Crippen molar-refractivity contribution in [3.8, 4) is 0 Å². The molecule has 1 aromatic carbocycles. The molecule has 0 fully saturated rings. The largest absolute Gasteiger partial charge is 0.465 e. The minimum absolute atomic E-state index is 0.254. The zero-order valence-corrected chi connectivity index (χ0v) is 14.6. The highest BCUT2D eigenvalue weighted by molar-refractivity contribution is 7.90. The van der Waals surface area contributed by atoms with E-state index in [4.69, 9.17) is 4.74 Å². The Labute approximate surface area is 145 Å². The lowest BCUT2D eigenvalue weighted by Gasteiger charge is -2.06. The molecular weight excluding hydrogens is 340 g/mol. The van der Waals surface area contributed by atoms with Gasteiger partial charge in [-0.2, -0.15) is 0 Å². The molecule has 3 aromatic rings. The van der Waals surface area contributed by atoms with E-state index in [1.165, 1.54) is 13.4 Å². The van der Waals surface area contributed by atoms with Gasteiger partial charge in [-0.25, -0.2) is 13.2 Å². The van der Waals surface area contributed by atoms with Crippen LogP contribution in [0.4, 0.5) is 0 Å². The van der Waals surface area contributed by atoms with Crippen LogP contribution in [-0.4, -0.2) is 37.7 Å². The fraction of sp³-hybridized carbons (Fsp3) is 0.167. The quantitative estimate of drug-likeness (QED) is 0.667. The van der Waals surface area contributed by atoms with Crippen LogP contribution >= 0.6 is 0 Å². The minimum Gasteiger partial charge on any atom is -0.465 e. The lowest BCUT2D eigenvalue weighted by Crippen LogP contribution is -2.03. The Morgan fingerprint density at radius 3 is 2.64 bits per heavy atom. The summed E-state index contributed by atoms with van der Waals surface area (Å²) in [5.74, 6) is -0.418. The van der Waals surface area contributed by atoms with Crippen LogP contribution in [0, 0.1) is 0 Å². The Morgan fingerprint density at radius 2 is 1.92 bits per heavy atom. The van der Waals surface area contributed by atoms with Crippen molar-refractivity contribution in [1.82, 2.24) is 9.97 Å². The lowest BCUT2D eigenvalue weighted by atomic mass is 10.1. The van der Waals surface area contributed by atoms with Gasteiger partial charge in [-0.1, -0.05) is 0 Å². The number of carbonyl (C=O) groups is 1. The molecule has 0 atom stereocenters. The zero-order valence-electron chi connectivity index (χ0n) is 13.8. The molecule has 3 rings (SSSR count). The molecule has 0 N–H and O–H groups in total. The predicted molar refractivity (Wildman–Crippen MR) is 93.2 cm³/mol. The third-order valence-corrected chi connectivity index (χ3v) is 4.87. The molecule has 2 aromatic heterocycles. The number of nitrogens with zero attached hydrogens (tertiary/aromatic N) is 2. The lowest BCUT2D eigenvalue weighted by molar-refractivity contribution is 0.0600. The second-order valence-electron chi connectivity index (χ2n) is 5.67. The monoisotopic (exact) mass is 356 g/mol. The van der Waals surface area contributed by atoms with E-state index in [2.05, 4.69) is 9.97 Å². The van der Waals surface area contributed by atoms with Crippen LogP contribution in [0.3, 0.4) is 0 Å². The Bertz CT molecular complexity index is 1060. The number of hydrogen-bond acceptors (Lipinski definition) is 6. The molecule has 128 valence electrons. The van der Waals surface area contributed by atoms with Gasteiger partial charge in [0.15, 0.2) is 9.84 Å². The molecule has 0 spiro atoms. The average Bonchev–Trinajstić information content (AvgIpc) is 2.60. The maximum Gasteiger partial charge on any atom is 0.337 e. The second-order valence-corrected chi connectivity index (χ2v) is 7.69. The molecule has 6 nitrogen and oxygen atoms in total. The van der Waals surface area contributed by atoms with Gasteiger partial charge in [-0.3, -0.25) is 9.97 Å². The van der Waals surface area contributed by atoms with Crippen molar-refractivity contribution in [3.05, 3.63) is 65.6 Å². The molecule has 0 aliphatic heterocycles. The van der Waals surface area contributed by atoms with E-state index in [0.717, 1.165) is 10.9 Å². The Morgan fingerprint density at radius 1 is 1.12 bits per heavy atom. The van der Waals surface area contributed by atoms with Gasteiger partial charge in [0.05, 0.1) is 23.1 Å². The highest BCUT2D eigenvalue weighted by atomic mass is 32.2. The predicted octanol–water partition coefficient (Wildman–Crippen LogP) is 2.41. The van der Waals surface area contributed by atoms with Crippen LogP contribution in [0.25, 0.3) is 10.9 Å². The van der Waals surface area contributed by atoms with Crippen LogP contribution < -0.4 is 0 Å². The smallest absolute Gasteiger partial charge is 0.337 e. The van der Waals surface area contributed by atoms with E-state index in [9.17, 15) is 13.2 Å². The topological polar surface area (TPSA) is 86.2 Å². The Kier molecular flexibility index (Phi) is 4.50. The zero-order chi connectivity index (χ0) is 18.0. The van der Waals surface area contributed by atoms with E-state index in [1.54, 1.807) is 42.7 Å². The number of esters is 1. The van der Waals surface area contributed by atoms with Crippen molar-refractivity contribution in [2.24, 2.45) is 0 Å². The van der Waals surface area contributed by atoms with E-state index in [1.807, 2.05) is 6.07 Å². The minimum atomic E-state index is -3.28. The molecule has 0 radical (unpaired) electrons. The molecule has 7 heteroatoms. The number of fused-ring (bicyclic) bond motifs is 1. The summed E-state index contributed by atoms with van der Waals surface area (Å²) in [6.45, 7) is 0. The standard InChI is InChI=1S/C18H16N2O4S/c1-24-18(21)13-5-6-19-15(9-13)8-12-7-14-10-16(25(2,22)23)3-4-17(14)20-11-12/h3-7,9-11H,8H2,1-2H3. The number of sulfone groups is 1. The molecular formula is C18H16N2O4S. The van der Waals surface area contributed by atoms with Crippen molar-refractivity contribution in [2.75, 3.05) is 13.4 Å². The van der Waals surface area contributed by atoms with Gasteiger partial charge in [0, 0.05) is 36.2 Å². The first-order valence-electron chi connectivity index (χ1n) is 7.49. The highest BCUT2D eigenvalue weighted by Gasteiger charge is 2.10.